The molecule has 2 aliphatic rings. The van der Waals surface area contributed by atoms with Crippen molar-refractivity contribution in [3.8, 4) is 0 Å². The van der Waals surface area contributed by atoms with Crippen LogP contribution >= 0.6 is 0 Å². The smallest absolute Gasteiger partial charge is 0.277 e. The number of halogens is 5. The average molecular weight is 784 g/mol. The number of likely N-dealkylation sites (tertiary alicyclic amines) is 1. The molecule has 0 unspecified atom stereocenters. The first-order valence-corrected chi connectivity index (χ1v) is 17.6. The summed E-state index contributed by atoms with van der Waals surface area (Å²) in [7, 11) is 0. The number of imidazole rings is 2. The number of piperidine rings is 2. The van der Waals surface area contributed by atoms with Crippen molar-refractivity contribution in [2.24, 2.45) is 0 Å². The maximum atomic E-state index is 13.3. The largest absolute Gasteiger partial charge is 0.357 e. The van der Waals surface area contributed by atoms with Crippen molar-refractivity contribution < 1.29 is 31.5 Å². The monoisotopic (exact) mass is 783 g/mol. The van der Waals surface area contributed by atoms with Crippen molar-refractivity contribution in [1.82, 2.24) is 44.6 Å². The first kappa shape index (κ1) is 42.4. The number of hydrogen-bond donors (Lipinski definition) is 4. The summed E-state index contributed by atoms with van der Waals surface area (Å²) >= 11 is 0. The summed E-state index contributed by atoms with van der Waals surface area (Å²) in [5.74, 6) is -4.35. The zero-order valence-corrected chi connectivity index (χ0v) is 30.9. The molecule has 0 bridgehead atoms. The molecule has 0 aliphatic carbocycles. The van der Waals surface area contributed by atoms with Crippen LogP contribution in [0.5, 0.6) is 0 Å². The van der Waals surface area contributed by atoms with Crippen LogP contribution < -0.4 is 15.5 Å². The lowest BCUT2D eigenvalue weighted by Gasteiger charge is -2.32. The molecule has 2 fully saturated rings. The molecule has 7 rings (SSSR count). The summed E-state index contributed by atoms with van der Waals surface area (Å²) in [5, 5.41) is 24.6. The number of pyridine rings is 1. The van der Waals surface area contributed by atoms with Gasteiger partial charge in [0, 0.05) is 76.0 Å². The number of aryl methyl sites for hydroxylation is 1. The van der Waals surface area contributed by atoms with Gasteiger partial charge in [-0.3, -0.25) is 20.0 Å². The number of nitrogens with zero attached hydrogens (tertiary/aromatic N) is 9. The fraction of sp³-hybridized carbons (Fsp3) is 0.361. The van der Waals surface area contributed by atoms with Crippen molar-refractivity contribution in [1.29, 1.82) is 5.41 Å². The number of nitrogens with one attached hydrogen (secondary N) is 4. The second-order valence-electron chi connectivity index (χ2n) is 12.2. The lowest BCUT2D eigenvalue weighted by atomic mass is 10.1. The van der Waals surface area contributed by atoms with Gasteiger partial charge in [-0.25, -0.2) is 36.4 Å². The van der Waals surface area contributed by atoms with Gasteiger partial charge in [-0.2, -0.15) is 5.10 Å². The van der Waals surface area contributed by atoms with Crippen LogP contribution in [0, 0.1) is 18.2 Å². The molecule has 0 aromatic carbocycles. The van der Waals surface area contributed by atoms with Crippen molar-refractivity contribution >= 4 is 47.2 Å². The normalized spacial score (nSPS) is 15.6. The standard InChI is InChI=1S/C16H15F2N7O.C12H16F2N4.C6H5FN2O.C2H6/c17-16(18)5-8-24(9-6-16)14-4-3-13-19-10-11(25(13)23-14)15(26)21-12-2-1-7-20-22-12;1-9-8-16-11(17-9)3-2-10(15)18-6-4-12(13,14)5-7-18;7-5-1-6(9-4-10)3-8-2-5;1-2/h1-4,7,10H,5-6,8-9H2,(H,21,22,26);2-3,8,15H,4-7H2,1H3,(H,16,17);1-4H,(H,9,10);1-2H3/b;3-2-,15-10?;;. The van der Waals surface area contributed by atoms with Crippen molar-refractivity contribution in [3.05, 3.63) is 90.4 Å². The zero-order chi connectivity index (χ0) is 40.7. The second-order valence-corrected chi connectivity index (χ2v) is 12.2. The fourth-order valence-electron chi connectivity index (χ4n) is 5.21. The highest BCUT2D eigenvalue weighted by Crippen LogP contribution is 2.30. The summed E-state index contributed by atoms with van der Waals surface area (Å²) in [4.78, 5) is 40.5. The Morgan fingerprint density at radius 2 is 1.64 bits per heavy atom. The SMILES string of the molecule is CC.Cc1cnc(/C=C\C(=N)N2CCC(F)(F)CC2)[nH]1.O=C(Nc1cccnn1)c1cnc2ccc(N3CCC(F)(F)CC3)nn12.O=CNc1cncc(F)c1. The number of carbonyl (C=O) groups excluding carboxylic acids is 2. The van der Waals surface area contributed by atoms with E-state index in [2.05, 4.69) is 45.9 Å². The van der Waals surface area contributed by atoms with E-state index in [9.17, 15) is 31.5 Å². The Kier molecular flexibility index (Phi) is 15.0. The minimum absolute atomic E-state index is 0.177. The molecule has 4 N–H and O–H groups in total. The van der Waals surface area contributed by atoms with Gasteiger partial charge in [0.15, 0.2) is 17.2 Å². The summed E-state index contributed by atoms with van der Waals surface area (Å²) in [5.41, 5.74) is 2.00. The van der Waals surface area contributed by atoms with Crippen LogP contribution in [0.2, 0.25) is 0 Å². The quantitative estimate of drug-likeness (QED) is 0.0636. The van der Waals surface area contributed by atoms with E-state index >= 15 is 0 Å². The van der Waals surface area contributed by atoms with E-state index in [1.165, 1.54) is 29.2 Å². The van der Waals surface area contributed by atoms with E-state index in [0.29, 0.717) is 35.2 Å². The Morgan fingerprint density at radius 3 is 2.25 bits per heavy atom. The number of carbonyl (C=O) groups is 2. The van der Waals surface area contributed by atoms with Gasteiger partial charge in [0.1, 0.15) is 23.3 Å². The predicted molar refractivity (Wildman–Crippen MR) is 200 cm³/mol. The van der Waals surface area contributed by atoms with Gasteiger partial charge >= 0.3 is 0 Å². The third kappa shape index (κ3) is 12.6. The van der Waals surface area contributed by atoms with Crippen LogP contribution in [0.4, 0.5) is 39.3 Å². The summed E-state index contributed by atoms with van der Waals surface area (Å²) in [6.07, 6.45) is 9.99. The minimum atomic E-state index is -2.63. The third-order valence-electron chi connectivity index (χ3n) is 8.10. The number of aromatic nitrogens is 8. The number of amides is 2. The first-order chi connectivity index (χ1) is 26.8. The molecule has 2 saturated heterocycles. The molecular formula is C36H42F5N13O2. The summed E-state index contributed by atoms with van der Waals surface area (Å²) < 4.78 is 66.3. The molecule has 7 heterocycles. The molecule has 2 amide bonds. The van der Waals surface area contributed by atoms with E-state index in [1.54, 1.807) is 52.4 Å². The number of amidine groups is 1. The number of hydrogen-bond acceptors (Lipinski definition) is 10. The van der Waals surface area contributed by atoms with Crippen LogP contribution in [0.15, 0.2) is 67.4 Å². The summed E-state index contributed by atoms with van der Waals surface area (Å²) in [6.45, 7) is 6.77. The minimum Gasteiger partial charge on any atom is -0.357 e. The van der Waals surface area contributed by atoms with Crippen LogP contribution in [0.3, 0.4) is 0 Å². The van der Waals surface area contributed by atoms with E-state index in [0.717, 1.165) is 11.9 Å². The Bertz CT molecular complexity index is 2050. The highest BCUT2D eigenvalue weighted by atomic mass is 19.3. The third-order valence-corrected chi connectivity index (χ3v) is 8.10. The van der Waals surface area contributed by atoms with E-state index < -0.39 is 23.6 Å². The maximum Gasteiger partial charge on any atom is 0.277 e. The first-order valence-electron chi connectivity index (χ1n) is 17.6. The Hall–Kier alpha value is -6.34. The Morgan fingerprint density at radius 1 is 0.946 bits per heavy atom. The lowest BCUT2D eigenvalue weighted by Crippen LogP contribution is -2.41. The van der Waals surface area contributed by atoms with E-state index in [-0.39, 0.29) is 63.4 Å². The molecular weight excluding hydrogens is 741 g/mol. The summed E-state index contributed by atoms with van der Waals surface area (Å²) in [6, 6.07) is 7.87. The predicted octanol–water partition coefficient (Wildman–Crippen LogP) is 6.26. The number of anilines is 3. The van der Waals surface area contributed by atoms with Gasteiger partial charge in [-0.1, -0.05) is 13.8 Å². The fourth-order valence-corrected chi connectivity index (χ4v) is 5.21. The molecule has 20 heteroatoms. The lowest BCUT2D eigenvalue weighted by molar-refractivity contribution is -0.105. The molecule has 56 heavy (non-hydrogen) atoms. The van der Waals surface area contributed by atoms with Gasteiger partial charge in [0.2, 0.25) is 6.41 Å². The molecule has 298 valence electrons. The topological polar surface area (TPSA) is 186 Å². The maximum absolute atomic E-state index is 13.3. The van der Waals surface area contributed by atoms with Crippen molar-refractivity contribution in [2.75, 3.05) is 41.7 Å². The highest BCUT2D eigenvalue weighted by Gasteiger charge is 2.35. The number of rotatable bonds is 7. The average Bonchev–Trinajstić information content (AvgIpc) is 3.81. The van der Waals surface area contributed by atoms with Crippen LogP contribution in [0.25, 0.3) is 11.7 Å². The molecule has 0 saturated carbocycles. The molecule has 15 nitrogen and oxygen atoms in total. The van der Waals surface area contributed by atoms with E-state index in [4.69, 9.17) is 5.41 Å². The number of H-pyrrole nitrogens is 1. The Balaban J connectivity index is 0.000000201. The Labute approximate surface area is 319 Å². The number of aromatic amines is 1. The highest BCUT2D eigenvalue weighted by molar-refractivity contribution is 6.02. The molecule has 0 atom stereocenters. The molecule has 0 spiro atoms. The van der Waals surface area contributed by atoms with Crippen LogP contribution in [-0.4, -0.2) is 101 Å². The van der Waals surface area contributed by atoms with Gasteiger partial charge in [0.05, 0.1) is 24.3 Å². The zero-order valence-electron chi connectivity index (χ0n) is 30.9. The molecule has 5 aromatic heterocycles. The van der Waals surface area contributed by atoms with Crippen LogP contribution in [-0.2, 0) is 4.79 Å². The molecule has 5 aromatic rings. The number of alkyl halides is 4. The van der Waals surface area contributed by atoms with Gasteiger partial charge < -0.3 is 25.4 Å². The van der Waals surface area contributed by atoms with Crippen LogP contribution in [0.1, 0.15) is 61.5 Å². The number of fused-ring (bicyclic) bond motifs is 1. The van der Waals surface area contributed by atoms with Gasteiger partial charge in [0.25, 0.3) is 17.8 Å². The van der Waals surface area contributed by atoms with Gasteiger partial charge in [-0.15, -0.1) is 10.2 Å². The van der Waals surface area contributed by atoms with Crippen molar-refractivity contribution in [3.63, 3.8) is 0 Å². The molecule has 2 aliphatic heterocycles. The van der Waals surface area contributed by atoms with E-state index in [1.807, 2.05) is 20.8 Å². The molecule has 0 radical (unpaired) electrons. The van der Waals surface area contributed by atoms with Gasteiger partial charge in [-0.05, 0) is 43.3 Å². The second kappa shape index (κ2) is 19.8. The van der Waals surface area contributed by atoms with Crippen molar-refractivity contribution in [2.45, 2.75) is 58.3 Å².